The molecule has 0 aliphatic carbocycles. The predicted octanol–water partition coefficient (Wildman–Crippen LogP) is 1.25. The highest BCUT2D eigenvalue weighted by Crippen LogP contribution is 2.26. The summed E-state index contributed by atoms with van der Waals surface area (Å²) in [7, 11) is 0. The number of fused-ring (bicyclic) bond motifs is 3. The molecule has 1 N–H and O–H groups in total. The first kappa shape index (κ1) is 6.65. The molecule has 0 radical (unpaired) electrons. The van der Waals surface area contributed by atoms with E-state index in [0.717, 1.165) is 22.5 Å². The molecular formula is C9H7N3O. The maximum atomic E-state index is 5.09. The lowest BCUT2D eigenvalue weighted by atomic mass is 10.0. The number of hydrogen-bond donors (Lipinski definition) is 1. The number of hydrogen-bond acceptors (Lipinski definition) is 3. The van der Waals surface area contributed by atoms with E-state index in [1.165, 1.54) is 0 Å². The maximum Gasteiger partial charge on any atom is 0.102 e. The van der Waals surface area contributed by atoms with Crippen LogP contribution >= 0.6 is 0 Å². The molecule has 0 saturated carbocycles. The van der Waals surface area contributed by atoms with E-state index in [2.05, 4.69) is 15.2 Å². The molecule has 2 aliphatic heterocycles. The van der Waals surface area contributed by atoms with Crippen LogP contribution in [0.5, 0.6) is 0 Å². The first-order valence-electron chi connectivity index (χ1n) is 4.05. The van der Waals surface area contributed by atoms with Crippen molar-refractivity contribution in [3.63, 3.8) is 0 Å². The number of H-pyrrole nitrogens is 1. The summed E-state index contributed by atoms with van der Waals surface area (Å²) in [5.41, 5.74) is 4.09. The first-order valence-corrected chi connectivity index (χ1v) is 4.05. The lowest BCUT2D eigenvalue weighted by molar-refractivity contribution is 0.403. The van der Waals surface area contributed by atoms with E-state index < -0.39 is 0 Å². The molecule has 0 spiro atoms. The van der Waals surface area contributed by atoms with Crippen LogP contribution in [0.3, 0.4) is 0 Å². The SMILES string of the molecule is C1=CC2=NCc3cn[nH]c3C2=CO1. The Morgan fingerprint density at radius 2 is 2.46 bits per heavy atom. The van der Waals surface area contributed by atoms with Crippen LogP contribution in [0.2, 0.25) is 0 Å². The number of rotatable bonds is 0. The van der Waals surface area contributed by atoms with Gasteiger partial charge in [0, 0.05) is 5.56 Å². The van der Waals surface area contributed by atoms with Gasteiger partial charge in [0.2, 0.25) is 0 Å². The Kier molecular flexibility index (Phi) is 1.19. The van der Waals surface area contributed by atoms with Crippen molar-refractivity contribution in [2.45, 2.75) is 6.54 Å². The highest BCUT2D eigenvalue weighted by atomic mass is 16.5. The number of aliphatic imine (C=N–C) groups is 1. The largest absolute Gasteiger partial charge is 0.472 e. The van der Waals surface area contributed by atoms with Gasteiger partial charge in [-0.2, -0.15) is 5.10 Å². The minimum Gasteiger partial charge on any atom is -0.472 e. The summed E-state index contributed by atoms with van der Waals surface area (Å²) < 4.78 is 5.09. The van der Waals surface area contributed by atoms with Crippen molar-refractivity contribution in [1.29, 1.82) is 0 Å². The summed E-state index contributed by atoms with van der Waals surface area (Å²) >= 11 is 0. The van der Waals surface area contributed by atoms with E-state index >= 15 is 0 Å². The number of allylic oxidation sites excluding steroid dienone is 2. The van der Waals surface area contributed by atoms with Crippen LogP contribution in [0.4, 0.5) is 0 Å². The van der Waals surface area contributed by atoms with Crippen LogP contribution in [0.1, 0.15) is 11.3 Å². The molecule has 0 amide bonds. The Balaban J connectivity index is 2.20. The maximum absolute atomic E-state index is 5.09. The lowest BCUT2D eigenvalue weighted by Crippen LogP contribution is -2.10. The second-order valence-electron chi connectivity index (χ2n) is 2.94. The molecule has 13 heavy (non-hydrogen) atoms. The van der Waals surface area contributed by atoms with Crippen molar-refractivity contribution in [3.05, 3.63) is 36.1 Å². The van der Waals surface area contributed by atoms with Crippen molar-refractivity contribution in [3.8, 4) is 0 Å². The minimum atomic E-state index is 0.697. The zero-order valence-electron chi connectivity index (χ0n) is 6.82. The fourth-order valence-corrected chi connectivity index (χ4v) is 1.52. The van der Waals surface area contributed by atoms with Crippen molar-refractivity contribution in [2.24, 2.45) is 4.99 Å². The molecule has 3 heterocycles. The molecule has 0 aromatic carbocycles. The average molecular weight is 173 g/mol. The Hall–Kier alpha value is -1.84. The summed E-state index contributed by atoms with van der Waals surface area (Å²) in [6, 6.07) is 0. The standard InChI is InChI=1S/C9H7N3O/c1-2-13-5-7-8(1)10-3-6-4-11-12-9(6)7/h1-2,4-5H,3H2,(H,11,12). The van der Waals surface area contributed by atoms with Gasteiger partial charge in [-0.1, -0.05) is 0 Å². The number of aromatic nitrogens is 2. The van der Waals surface area contributed by atoms with Crippen molar-refractivity contribution in [2.75, 3.05) is 0 Å². The van der Waals surface area contributed by atoms with Gasteiger partial charge in [-0.25, -0.2) is 0 Å². The van der Waals surface area contributed by atoms with Gasteiger partial charge in [0.25, 0.3) is 0 Å². The second-order valence-corrected chi connectivity index (χ2v) is 2.94. The van der Waals surface area contributed by atoms with E-state index in [1.807, 2.05) is 6.08 Å². The van der Waals surface area contributed by atoms with Gasteiger partial charge in [0.15, 0.2) is 0 Å². The molecule has 3 rings (SSSR count). The highest BCUT2D eigenvalue weighted by molar-refractivity contribution is 6.29. The third kappa shape index (κ3) is 0.853. The Morgan fingerprint density at radius 3 is 3.46 bits per heavy atom. The summed E-state index contributed by atoms with van der Waals surface area (Å²) in [6.45, 7) is 0.697. The number of aromatic amines is 1. The van der Waals surface area contributed by atoms with Crippen molar-refractivity contribution >= 4 is 11.3 Å². The smallest absolute Gasteiger partial charge is 0.102 e. The van der Waals surface area contributed by atoms with Gasteiger partial charge in [-0.15, -0.1) is 0 Å². The third-order valence-corrected chi connectivity index (χ3v) is 2.17. The van der Waals surface area contributed by atoms with E-state index in [0.29, 0.717) is 6.54 Å². The predicted molar refractivity (Wildman–Crippen MR) is 47.9 cm³/mol. The molecule has 2 aliphatic rings. The van der Waals surface area contributed by atoms with Gasteiger partial charge < -0.3 is 4.74 Å². The van der Waals surface area contributed by atoms with Crippen LogP contribution in [0.15, 0.2) is 29.8 Å². The fraction of sp³-hybridized carbons (Fsp3) is 0.111. The van der Waals surface area contributed by atoms with Crippen LogP contribution in [-0.4, -0.2) is 15.9 Å². The van der Waals surface area contributed by atoms with Gasteiger partial charge in [-0.05, 0) is 6.08 Å². The second kappa shape index (κ2) is 2.32. The summed E-state index contributed by atoms with van der Waals surface area (Å²) in [5.74, 6) is 0. The molecule has 0 unspecified atom stereocenters. The van der Waals surface area contributed by atoms with Crippen molar-refractivity contribution < 1.29 is 4.74 Å². The highest BCUT2D eigenvalue weighted by Gasteiger charge is 2.20. The van der Waals surface area contributed by atoms with E-state index in [4.69, 9.17) is 4.74 Å². The number of nitrogens with zero attached hydrogens (tertiary/aromatic N) is 2. The lowest BCUT2D eigenvalue weighted by Gasteiger charge is -2.15. The van der Waals surface area contributed by atoms with Gasteiger partial charge in [0.1, 0.15) is 6.26 Å². The molecule has 64 valence electrons. The summed E-state index contributed by atoms with van der Waals surface area (Å²) in [4.78, 5) is 4.39. The molecule has 4 nitrogen and oxygen atoms in total. The zero-order valence-corrected chi connectivity index (χ0v) is 6.82. The fourth-order valence-electron chi connectivity index (χ4n) is 1.52. The van der Waals surface area contributed by atoms with Crippen LogP contribution in [0.25, 0.3) is 5.57 Å². The normalized spacial score (nSPS) is 18.2. The van der Waals surface area contributed by atoms with E-state index in [1.54, 1.807) is 18.7 Å². The van der Waals surface area contributed by atoms with Gasteiger partial charge in [-0.3, -0.25) is 10.1 Å². The topological polar surface area (TPSA) is 50.3 Å². The van der Waals surface area contributed by atoms with E-state index in [9.17, 15) is 0 Å². The molecule has 0 fully saturated rings. The third-order valence-electron chi connectivity index (χ3n) is 2.17. The van der Waals surface area contributed by atoms with Crippen LogP contribution < -0.4 is 0 Å². The van der Waals surface area contributed by atoms with E-state index in [-0.39, 0.29) is 0 Å². The van der Waals surface area contributed by atoms with Gasteiger partial charge in [0.05, 0.1) is 36.0 Å². The molecule has 0 atom stereocenters. The number of ether oxygens (including phenoxy) is 1. The zero-order chi connectivity index (χ0) is 8.67. The number of nitrogens with one attached hydrogen (secondary N) is 1. The Morgan fingerprint density at radius 1 is 1.46 bits per heavy atom. The Labute approximate surface area is 74.6 Å². The molecule has 1 aromatic heterocycles. The molecular weight excluding hydrogens is 166 g/mol. The molecule has 4 heteroatoms. The van der Waals surface area contributed by atoms with Crippen LogP contribution in [0, 0.1) is 0 Å². The summed E-state index contributed by atoms with van der Waals surface area (Å²) in [6.07, 6.45) is 6.98. The van der Waals surface area contributed by atoms with Crippen molar-refractivity contribution in [1.82, 2.24) is 10.2 Å². The monoisotopic (exact) mass is 173 g/mol. The first-order chi connectivity index (χ1) is 6.45. The quantitative estimate of drug-likeness (QED) is 0.641. The minimum absolute atomic E-state index is 0.697. The molecule has 0 saturated heterocycles. The molecule has 0 bridgehead atoms. The average Bonchev–Trinajstić information content (AvgIpc) is 2.65. The van der Waals surface area contributed by atoms with Crippen LogP contribution in [-0.2, 0) is 11.3 Å². The summed E-state index contributed by atoms with van der Waals surface area (Å²) in [5, 5.41) is 6.92. The Bertz CT molecular complexity index is 439. The molecule has 1 aromatic rings. The van der Waals surface area contributed by atoms with Gasteiger partial charge >= 0.3 is 0 Å².